The number of halogens is 1. The van der Waals surface area contributed by atoms with Crippen LogP contribution in [0.3, 0.4) is 0 Å². The summed E-state index contributed by atoms with van der Waals surface area (Å²) >= 11 is 6.14. The second-order valence-electron chi connectivity index (χ2n) is 7.74. The van der Waals surface area contributed by atoms with Gasteiger partial charge in [0.2, 0.25) is 0 Å². The van der Waals surface area contributed by atoms with Crippen molar-refractivity contribution in [1.82, 2.24) is 0 Å². The monoisotopic (exact) mass is 412 g/mol. The minimum Gasteiger partial charge on any atom is -0.443 e. The van der Waals surface area contributed by atoms with Gasteiger partial charge in [0.05, 0.1) is 11.8 Å². The fourth-order valence-electron chi connectivity index (χ4n) is 2.81. The standard InChI is InChI=1S/C23H25ClN2O3/c1-23(2,3)29-22(28)26(4)20-12-11-18(24)15-19(20)21(27)17-10-7-9-16(14-17)8-5-6-13-25/h7,9-12,14-15H,5-6,8H2,1-4H3. The Morgan fingerprint density at radius 1 is 1.17 bits per heavy atom. The largest absolute Gasteiger partial charge is 0.443 e. The molecule has 0 radical (unpaired) electrons. The number of unbranched alkanes of at least 4 members (excludes halogenated alkanes) is 1. The van der Waals surface area contributed by atoms with Gasteiger partial charge in [0.25, 0.3) is 0 Å². The fraction of sp³-hybridized carbons (Fsp3) is 0.348. The third-order valence-corrected chi connectivity index (χ3v) is 4.41. The molecular weight excluding hydrogens is 388 g/mol. The summed E-state index contributed by atoms with van der Waals surface area (Å²) in [4.78, 5) is 27.0. The minimum atomic E-state index is -0.653. The maximum absolute atomic E-state index is 13.2. The number of hydrogen-bond donors (Lipinski definition) is 0. The Balaban J connectivity index is 2.36. The second kappa shape index (κ2) is 9.58. The van der Waals surface area contributed by atoms with Gasteiger partial charge in [-0.2, -0.15) is 5.26 Å². The summed E-state index contributed by atoms with van der Waals surface area (Å²) in [6.45, 7) is 5.35. The molecule has 6 heteroatoms. The van der Waals surface area contributed by atoms with E-state index in [9.17, 15) is 9.59 Å². The van der Waals surface area contributed by atoms with E-state index in [4.69, 9.17) is 21.6 Å². The number of carbonyl (C=O) groups excluding carboxylic acids is 2. The number of ketones is 1. The molecule has 0 N–H and O–H groups in total. The third-order valence-electron chi connectivity index (χ3n) is 4.18. The number of carbonyl (C=O) groups is 2. The summed E-state index contributed by atoms with van der Waals surface area (Å²) in [7, 11) is 1.56. The van der Waals surface area contributed by atoms with Gasteiger partial charge in [0.15, 0.2) is 5.78 Å². The van der Waals surface area contributed by atoms with Crippen LogP contribution in [0.15, 0.2) is 42.5 Å². The SMILES string of the molecule is CN(C(=O)OC(C)(C)C)c1ccc(Cl)cc1C(=O)c1cccc(CCCC#N)c1. The topological polar surface area (TPSA) is 70.4 Å². The molecule has 152 valence electrons. The summed E-state index contributed by atoms with van der Waals surface area (Å²) in [5, 5.41) is 9.10. The summed E-state index contributed by atoms with van der Waals surface area (Å²) in [6.07, 6.45) is 1.36. The first kappa shape index (κ1) is 22.4. The maximum atomic E-state index is 13.2. The lowest BCUT2D eigenvalue weighted by atomic mass is 9.98. The number of nitriles is 1. The van der Waals surface area contributed by atoms with E-state index in [1.54, 1.807) is 52.1 Å². The van der Waals surface area contributed by atoms with Crippen LogP contribution in [0.25, 0.3) is 0 Å². The van der Waals surface area contributed by atoms with Crippen molar-refractivity contribution in [2.75, 3.05) is 11.9 Å². The normalized spacial score (nSPS) is 10.9. The summed E-state index contributed by atoms with van der Waals surface area (Å²) in [5.41, 5.74) is 1.57. The molecule has 2 rings (SSSR count). The molecule has 0 heterocycles. The van der Waals surface area contributed by atoms with Crippen LogP contribution in [-0.4, -0.2) is 24.5 Å². The minimum absolute atomic E-state index is 0.236. The van der Waals surface area contributed by atoms with Crippen molar-refractivity contribution in [3.05, 3.63) is 64.2 Å². The lowest BCUT2D eigenvalue weighted by molar-refractivity contribution is 0.0589. The number of benzene rings is 2. The predicted molar refractivity (Wildman–Crippen MR) is 115 cm³/mol. The van der Waals surface area contributed by atoms with Gasteiger partial charge in [-0.1, -0.05) is 29.8 Å². The Labute approximate surface area is 176 Å². The van der Waals surface area contributed by atoms with E-state index >= 15 is 0 Å². The van der Waals surface area contributed by atoms with E-state index in [0.29, 0.717) is 28.3 Å². The van der Waals surface area contributed by atoms with Gasteiger partial charge in [-0.15, -0.1) is 0 Å². The smallest absolute Gasteiger partial charge is 0.414 e. The summed E-state index contributed by atoms with van der Waals surface area (Å²) in [5.74, 6) is -0.236. The number of nitrogens with zero attached hydrogens (tertiary/aromatic N) is 2. The highest BCUT2D eigenvalue weighted by atomic mass is 35.5. The molecule has 0 saturated heterocycles. The van der Waals surface area contributed by atoms with Crippen LogP contribution in [0.2, 0.25) is 5.02 Å². The first-order valence-corrected chi connectivity index (χ1v) is 9.77. The van der Waals surface area contributed by atoms with E-state index in [1.165, 1.54) is 4.90 Å². The summed E-state index contributed by atoms with van der Waals surface area (Å²) in [6, 6.07) is 14.2. The van der Waals surface area contributed by atoms with Gasteiger partial charge in [0.1, 0.15) is 5.60 Å². The quantitative estimate of drug-likeness (QED) is 0.444. The Kier molecular flexibility index (Phi) is 7.41. The zero-order chi connectivity index (χ0) is 21.6. The average Bonchev–Trinajstić information content (AvgIpc) is 2.66. The molecule has 1 amide bonds. The molecule has 2 aromatic carbocycles. The van der Waals surface area contributed by atoms with Gasteiger partial charge >= 0.3 is 6.09 Å². The average molecular weight is 413 g/mol. The van der Waals surface area contributed by atoms with Gasteiger partial charge in [-0.25, -0.2) is 4.79 Å². The zero-order valence-corrected chi connectivity index (χ0v) is 17.9. The van der Waals surface area contributed by atoms with E-state index < -0.39 is 11.7 Å². The van der Waals surface area contributed by atoms with E-state index in [-0.39, 0.29) is 5.78 Å². The highest BCUT2D eigenvalue weighted by Gasteiger charge is 2.24. The molecule has 0 fully saturated rings. The van der Waals surface area contributed by atoms with E-state index in [0.717, 1.165) is 18.4 Å². The number of rotatable bonds is 6. The number of aryl methyl sites for hydroxylation is 1. The van der Waals surface area contributed by atoms with Crippen molar-refractivity contribution in [3.63, 3.8) is 0 Å². The van der Waals surface area contributed by atoms with Crippen LogP contribution in [0, 0.1) is 11.3 Å². The zero-order valence-electron chi connectivity index (χ0n) is 17.2. The first-order chi connectivity index (χ1) is 13.6. The molecule has 29 heavy (non-hydrogen) atoms. The van der Waals surface area contributed by atoms with Gasteiger partial charge in [-0.05, 0) is 63.4 Å². The molecule has 0 atom stereocenters. The lowest BCUT2D eigenvalue weighted by Crippen LogP contribution is -2.35. The van der Waals surface area contributed by atoms with E-state index in [1.807, 2.05) is 18.2 Å². The molecule has 2 aromatic rings. The highest BCUT2D eigenvalue weighted by molar-refractivity contribution is 6.31. The Hall–Kier alpha value is -2.84. The first-order valence-electron chi connectivity index (χ1n) is 9.39. The number of ether oxygens (including phenoxy) is 1. The lowest BCUT2D eigenvalue weighted by Gasteiger charge is -2.26. The van der Waals surface area contributed by atoms with Crippen molar-refractivity contribution < 1.29 is 14.3 Å². The van der Waals surface area contributed by atoms with Gasteiger partial charge < -0.3 is 4.74 Å². The third kappa shape index (κ3) is 6.33. The number of hydrogen-bond acceptors (Lipinski definition) is 4. The number of amides is 1. The van der Waals surface area contributed by atoms with Gasteiger partial charge in [-0.3, -0.25) is 9.69 Å². The Morgan fingerprint density at radius 2 is 1.90 bits per heavy atom. The van der Waals surface area contributed by atoms with Gasteiger partial charge in [0, 0.05) is 29.6 Å². The molecule has 0 unspecified atom stereocenters. The Morgan fingerprint density at radius 3 is 2.55 bits per heavy atom. The van der Waals surface area contributed by atoms with Crippen LogP contribution in [-0.2, 0) is 11.2 Å². The van der Waals surface area contributed by atoms with Crippen molar-refractivity contribution in [3.8, 4) is 6.07 Å². The Bertz CT molecular complexity index is 942. The molecule has 0 aliphatic rings. The fourth-order valence-corrected chi connectivity index (χ4v) is 2.98. The molecule has 0 bridgehead atoms. The number of anilines is 1. The van der Waals surface area contributed by atoms with Crippen LogP contribution in [0.1, 0.15) is 55.1 Å². The predicted octanol–water partition coefficient (Wildman–Crippen LogP) is 5.79. The molecule has 0 aromatic heterocycles. The van der Waals surface area contributed by atoms with Crippen LogP contribution in [0.5, 0.6) is 0 Å². The molecule has 0 saturated carbocycles. The van der Waals surface area contributed by atoms with Crippen LogP contribution >= 0.6 is 11.6 Å². The van der Waals surface area contributed by atoms with Crippen molar-refractivity contribution in [2.24, 2.45) is 0 Å². The van der Waals surface area contributed by atoms with Crippen LogP contribution < -0.4 is 4.90 Å². The molecule has 0 aliphatic carbocycles. The molecule has 5 nitrogen and oxygen atoms in total. The molecule has 0 spiro atoms. The van der Waals surface area contributed by atoms with Crippen molar-refractivity contribution >= 4 is 29.2 Å². The maximum Gasteiger partial charge on any atom is 0.414 e. The van der Waals surface area contributed by atoms with E-state index in [2.05, 4.69) is 6.07 Å². The molecule has 0 aliphatic heterocycles. The second-order valence-corrected chi connectivity index (χ2v) is 8.18. The molecular formula is C23H25ClN2O3. The van der Waals surface area contributed by atoms with Crippen molar-refractivity contribution in [2.45, 2.75) is 45.6 Å². The summed E-state index contributed by atoms with van der Waals surface area (Å²) < 4.78 is 5.41. The van der Waals surface area contributed by atoms with Crippen molar-refractivity contribution in [1.29, 1.82) is 5.26 Å². The highest BCUT2D eigenvalue weighted by Crippen LogP contribution is 2.28. The van der Waals surface area contributed by atoms with Crippen LogP contribution in [0.4, 0.5) is 10.5 Å².